The quantitative estimate of drug-likeness (QED) is 0.0376. The number of hydrogen-bond acceptors (Lipinski definition) is 5. The van der Waals surface area contributed by atoms with E-state index >= 15 is 0 Å². The molecule has 0 unspecified atom stereocenters. The molecule has 0 aromatic carbocycles. The monoisotopic (exact) mass is 691 g/mol. The number of thioether (sulfide) groups is 1. The van der Waals surface area contributed by atoms with Gasteiger partial charge in [-0.2, -0.15) is 0 Å². The Labute approximate surface area is 303 Å². The van der Waals surface area contributed by atoms with Crippen LogP contribution in [0.4, 0.5) is 4.79 Å². The molecule has 280 valence electrons. The summed E-state index contributed by atoms with van der Waals surface area (Å²) in [5, 5.41) is 0.241. The third kappa shape index (κ3) is 35.8. The Morgan fingerprint density at radius 1 is 0.542 bits per heavy atom. The Hall–Kier alpha value is -1.53. The van der Waals surface area contributed by atoms with Crippen molar-refractivity contribution in [2.24, 2.45) is 0 Å². The van der Waals surface area contributed by atoms with Gasteiger partial charge in [0.1, 0.15) is 6.61 Å². The minimum absolute atomic E-state index is 0.0866. The molecule has 0 saturated heterocycles. The maximum absolute atomic E-state index is 13.0. The second-order valence-corrected chi connectivity index (χ2v) is 14.8. The van der Waals surface area contributed by atoms with Gasteiger partial charge in [0.25, 0.3) is 5.24 Å². The van der Waals surface area contributed by atoms with Gasteiger partial charge in [-0.3, -0.25) is 9.59 Å². The Balaban J connectivity index is 3.99. The van der Waals surface area contributed by atoms with Crippen LogP contribution in [0.5, 0.6) is 0 Å². The van der Waals surface area contributed by atoms with Crippen molar-refractivity contribution in [2.75, 3.05) is 46.1 Å². The zero-order valence-corrected chi connectivity index (χ0v) is 33.0. The second kappa shape index (κ2) is 38.3. The van der Waals surface area contributed by atoms with Crippen molar-refractivity contribution in [3.05, 3.63) is 36.5 Å². The van der Waals surface area contributed by atoms with Crippen LogP contribution >= 0.6 is 11.8 Å². The first-order valence-electron chi connectivity index (χ1n) is 20.2. The molecule has 0 radical (unpaired) electrons. The molecule has 1 amide bonds. The lowest BCUT2D eigenvalue weighted by Crippen LogP contribution is -2.30. The van der Waals surface area contributed by atoms with E-state index < -0.39 is 0 Å². The van der Waals surface area contributed by atoms with Crippen LogP contribution in [0.2, 0.25) is 0 Å². The SMILES string of the molecule is CCCCCCC=CCC=CCCCCCCCCCN(CCCCCCCC(=O)OCC=CCCCCCC)C(=O)SCCN(C)C. The van der Waals surface area contributed by atoms with Gasteiger partial charge in [-0.15, -0.1) is 0 Å². The molecule has 6 heteroatoms. The maximum atomic E-state index is 13.0. The molecule has 0 aliphatic heterocycles. The highest BCUT2D eigenvalue weighted by atomic mass is 32.2. The molecule has 0 heterocycles. The molecular weight excluding hydrogens is 613 g/mol. The Kier molecular flexibility index (Phi) is 37.1. The fourth-order valence-corrected chi connectivity index (χ4v) is 6.53. The topological polar surface area (TPSA) is 49.9 Å². The van der Waals surface area contributed by atoms with Gasteiger partial charge in [0, 0.05) is 31.8 Å². The van der Waals surface area contributed by atoms with Crippen LogP contribution in [-0.4, -0.2) is 67.1 Å². The number of carbonyl (C=O) groups excluding carboxylic acids is 2. The molecule has 0 spiro atoms. The molecule has 0 aromatic heterocycles. The molecule has 0 atom stereocenters. The van der Waals surface area contributed by atoms with Crippen LogP contribution in [-0.2, 0) is 9.53 Å². The fourth-order valence-electron chi connectivity index (χ4n) is 5.54. The third-order valence-corrected chi connectivity index (χ3v) is 9.58. The van der Waals surface area contributed by atoms with Gasteiger partial charge < -0.3 is 14.5 Å². The lowest BCUT2D eigenvalue weighted by Gasteiger charge is -2.22. The molecule has 0 bridgehead atoms. The van der Waals surface area contributed by atoms with Crippen LogP contribution in [0.3, 0.4) is 0 Å². The van der Waals surface area contributed by atoms with Crippen molar-refractivity contribution in [2.45, 2.75) is 174 Å². The molecule has 48 heavy (non-hydrogen) atoms. The number of allylic oxidation sites excluding steroid dienone is 5. The zero-order valence-electron chi connectivity index (χ0n) is 32.2. The first kappa shape index (κ1) is 46.5. The van der Waals surface area contributed by atoms with E-state index in [2.05, 4.69) is 68.1 Å². The largest absolute Gasteiger partial charge is 0.461 e. The molecule has 0 fully saturated rings. The van der Waals surface area contributed by atoms with E-state index in [1.54, 1.807) is 0 Å². The summed E-state index contributed by atoms with van der Waals surface area (Å²) < 4.78 is 5.33. The Bertz CT molecular complexity index is 796. The summed E-state index contributed by atoms with van der Waals surface area (Å²) in [7, 11) is 4.12. The fraction of sp³-hybridized carbons (Fsp3) is 0.810. The van der Waals surface area contributed by atoms with Crippen molar-refractivity contribution in [3.63, 3.8) is 0 Å². The summed E-state index contributed by atoms with van der Waals surface area (Å²) in [5.74, 6) is 0.759. The van der Waals surface area contributed by atoms with Gasteiger partial charge in [-0.1, -0.05) is 152 Å². The molecule has 0 aliphatic rings. The lowest BCUT2D eigenvalue weighted by atomic mass is 10.1. The van der Waals surface area contributed by atoms with E-state index in [1.807, 2.05) is 6.08 Å². The van der Waals surface area contributed by atoms with Gasteiger partial charge in [0.15, 0.2) is 0 Å². The number of unbranched alkanes of at least 4 members (excludes halogenated alkanes) is 19. The van der Waals surface area contributed by atoms with Gasteiger partial charge in [0.05, 0.1) is 0 Å². The summed E-state index contributed by atoms with van der Waals surface area (Å²) in [6, 6.07) is 0. The normalized spacial score (nSPS) is 11.9. The second-order valence-electron chi connectivity index (χ2n) is 13.7. The number of esters is 1. The van der Waals surface area contributed by atoms with Crippen molar-refractivity contribution < 1.29 is 14.3 Å². The summed E-state index contributed by atoms with van der Waals surface area (Å²) >= 11 is 1.47. The molecule has 0 aromatic rings. The number of ether oxygens (including phenoxy) is 1. The van der Waals surface area contributed by atoms with Gasteiger partial charge >= 0.3 is 5.97 Å². The predicted molar refractivity (Wildman–Crippen MR) is 213 cm³/mol. The van der Waals surface area contributed by atoms with Crippen LogP contribution in [0.1, 0.15) is 174 Å². The average Bonchev–Trinajstić information content (AvgIpc) is 3.07. The molecule has 5 nitrogen and oxygen atoms in total. The highest BCUT2D eigenvalue weighted by molar-refractivity contribution is 8.13. The lowest BCUT2D eigenvalue weighted by molar-refractivity contribution is -0.142. The van der Waals surface area contributed by atoms with E-state index in [0.717, 1.165) is 76.8 Å². The first-order valence-corrected chi connectivity index (χ1v) is 21.2. The number of nitrogens with zero attached hydrogens (tertiary/aromatic N) is 2. The smallest absolute Gasteiger partial charge is 0.306 e. The van der Waals surface area contributed by atoms with E-state index in [4.69, 9.17) is 4.74 Å². The third-order valence-electron chi connectivity index (χ3n) is 8.69. The number of amides is 1. The average molecular weight is 691 g/mol. The Morgan fingerprint density at radius 3 is 1.52 bits per heavy atom. The maximum Gasteiger partial charge on any atom is 0.306 e. The minimum Gasteiger partial charge on any atom is -0.461 e. The van der Waals surface area contributed by atoms with Gasteiger partial charge in [-0.25, -0.2) is 0 Å². The van der Waals surface area contributed by atoms with Crippen LogP contribution < -0.4 is 0 Å². The standard InChI is InChI=1S/C42H78N2O3S/c1-5-7-9-11-13-14-15-16-17-18-19-20-21-22-23-24-28-32-36-44(42(46)48-40-38-43(3)4)37-33-29-26-27-31-35-41(45)47-39-34-30-25-12-10-8-6-2/h14-15,17-18,30,34H,5-13,16,19-29,31-33,35-40H2,1-4H3. The van der Waals surface area contributed by atoms with Crippen molar-refractivity contribution in [1.82, 2.24) is 9.80 Å². The van der Waals surface area contributed by atoms with E-state index in [-0.39, 0.29) is 11.2 Å². The molecule has 0 aliphatic carbocycles. The Morgan fingerprint density at radius 2 is 1.00 bits per heavy atom. The summed E-state index contributed by atoms with van der Waals surface area (Å²) in [5.41, 5.74) is 0. The van der Waals surface area contributed by atoms with Crippen molar-refractivity contribution in [1.29, 1.82) is 0 Å². The van der Waals surface area contributed by atoms with Crippen LogP contribution in [0, 0.1) is 0 Å². The van der Waals surface area contributed by atoms with Gasteiger partial charge in [0.2, 0.25) is 0 Å². The van der Waals surface area contributed by atoms with Crippen LogP contribution in [0.25, 0.3) is 0 Å². The summed E-state index contributed by atoms with van der Waals surface area (Å²) in [6.45, 7) is 7.55. The number of hydrogen-bond donors (Lipinski definition) is 0. The molecule has 0 rings (SSSR count). The van der Waals surface area contributed by atoms with Crippen molar-refractivity contribution >= 4 is 23.0 Å². The van der Waals surface area contributed by atoms with Crippen LogP contribution in [0.15, 0.2) is 36.5 Å². The molecule has 0 N–H and O–H groups in total. The van der Waals surface area contributed by atoms with Gasteiger partial charge in [-0.05, 0) is 78.3 Å². The minimum atomic E-state index is -0.0866. The molecule has 0 saturated carbocycles. The highest BCUT2D eigenvalue weighted by Gasteiger charge is 2.13. The number of rotatable bonds is 35. The first-order chi connectivity index (χ1) is 23.5. The van der Waals surface area contributed by atoms with E-state index in [0.29, 0.717) is 13.0 Å². The van der Waals surface area contributed by atoms with Crippen molar-refractivity contribution in [3.8, 4) is 0 Å². The molecular formula is C42H78N2O3S. The highest BCUT2D eigenvalue weighted by Crippen LogP contribution is 2.15. The zero-order chi connectivity index (χ0) is 35.2. The van der Waals surface area contributed by atoms with E-state index in [1.165, 1.54) is 114 Å². The summed E-state index contributed by atoms with van der Waals surface area (Å²) in [4.78, 5) is 29.2. The van der Waals surface area contributed by atoms with E-state index in [9.17, 15) is 9.59 Å². The predicted octanol–water partition coefficient (Wildman–Crippen LogP) is 12.7. The number of carbonyl (C=O) groups is 2. The summed E-state index contributed by atoms with van der Waals surface area (Å²) in [6.07, 6.45) is 43.0.